The van der Waals surface area contributed by atoms with Crippen LogP contribution in [0.4, 0.5) is 0 Å². The third kappa shape index (κ3) is 2.56. The van der Waals surface area contributed by atoms with Gasteiger partial charge in [-0.2, -0.15) is 0 Å². The zero-order valence-electron chi connectivity index (χ0n) is 11.6. The summed E-state index contributed by atoms with van der Waals surface area (Å²) in [6.45, 7) is 0. The number of benzene rings is 1. The Bertz CT molecular complexity index is 565. The number of hydrogen-bond acceptors (Lipinski definition) is 6. The first-order valence-corrected chi connectivity index (χ1v) is 6.34. The number of rotatable bonds is 2. The summed E-state index contributed by atoms with van der Waals surface area (Å²) in [6.07, 6.45) is -0.244. The molecule has 0 saturated carbocycles. The van der Waals surface area contributed by atoms with Gasteiger partial charge in [-0.1, -0.05) is 24.3 Å². The Morgan fingerprint density at radius 3 is 1.62 bits per heavy atom. The molecule has 2 atom stereocenters. The molecule has 0 bridgehead atoms. The summed E-state index contributed by atoms with van der Waals surface area (Å²) in [5.74, 6) is -4.94. The Morgan fingerprint density at radius 1 is 0.905 bits per heavy atom. The molecule has 1 aromatic rings. The van der Waals surface area contributed by atoms with E-state index in [1.807, 2.05) is 0 Å². The van der Waals surface area contributed by atoms with Crippen LogP contribution in [0.5, 0.6) is 0 Å². The maximum atomic E-state index is 12.4. The van der Waals surface area contributed by atoms with Gasteiger partial charge in [-0.3, -0.25) is 19.2 Å². The molecule has 2 rings (SSSR count). The van der Waals surface area contributed by atoms with Gasteiger partial charge in [0.25, 0.3) is 0 Å². The molecular formula is C15H14O6. The van der Waals surface area contributed by atoms with Crippen LogP contribution in [0, 0.1) is 11.8 Å². The Hall–Kier alpha value is -2.50. The van der Waals surface area contributed by atoms with Gasteiger partial charge >= 0.3 is 11.9 Å². The van der Waals surface area contributed by atoms with Gasteiger partial charge in [-0.15, -0.1) is 0 Å². The Labute approximate surface area is 121 Å². The zero-order valence-corrected chi connectivity index (χ0v) is 11.6. The van der Waals surface area contributed by atoms with Crippen molar-refractivity contribution >= 4 is 23.5 Å². The summed E-state index contributed by atoms with van der Waals surface area (Å²) in [5, 5.41) is 0. The molecule has 0 aromatic heterocycles. The molecule has 21 heavy (non-hydrogen) atoms. The first-order chi connectivity index (χ1) is 10.0. The van der Waals surface area contributed by atoms with E-state index in [0.717, 1.165) is 14.2 Å². The molecule has 1 aliphatic carbocycles. The lowest BCUT2D eigenvalue weighted by molar-refractivity contribution is -0.146. The lowest BCUT2D eigenvalue weighted by Crippen LogP contribution is -2.30. The summed E-state index contributed by atoms with van der Waals surface area (Å²) < 4.78 is 9.21. The normalized spacial score (nSPS) is 21.2. The number of carbonyl (C=O) groups excluding carboxylic acids is 4. The van der Waals surface area contributed by atoms with Crippen LogP contribution in [0.1, 0.15) is 27.1 Å². The fraction of sp³-hybridized carbons (Fsp3) is 0.333. The molecule has 0 saturated heterocycles. The predicted molar refractivity (Wildman–Crippen MR) is 70.7 cm³/mol. The van der Waals surface area contributed by atoms with Crippen LogP contribution in [0.25, 0.3) is 0 Å². The van der Waals surface area contributed by atoms with E-state index in [-0.39, 0.29) is 17.5 Å². The van der Waals surface area contributed by atoms with Gasteiger partial charge in [-0.25, -0.2) is 0 Å². The van der Waals surface area contributed by atoms with Gasteiger partial charge in [0, 0.05) is 11.1 Å². The Kier molecular flexibility index (Phi) is 4.16. The van der Waals surface area contributed by atoms with Crippen molar-refractivity contribution in [1.29, 1.82) is 0 Å². The minimum atomic E-state index is -1.19. The number of ether oxygens (including phenoxy) is 2. The molecule has 0 fully saturated rings. The molecule has 0 heterocycles. The van der Waals surface area contributed by atoms with Gasteiger partial charge in [0.05, 0.1) is 14.2 Å². The molecule has 6 heteroatoms. The van der Waals surface area contributed by atoms with Crippen molar-refractivity contribution in [2.24, 2.45) is 11.8 Å². The quantitative estimate of drug-likeness (QED) is 0.459. The second-order valence-corrected chi connectivity index (χ2v) is 4.66. The van der Waals surface area contributed by atoms with Crippen LogP contribution in [-0.2, 0) is 19.1 Å². The molecule has 0 spiro atoms. The molecule has 0 radical (unpaired) electrons. The number of fused-ring (bicyclic) bond motifs is 1. The van der Waals surface area contributed by atoms with E-state index in [2.05, 4.69) is 9.47 Å². The van der Waals surface area contributed by atoms with Crippen molar-refractivity contribution in [2.75, 3.05) is 14.2 Å². The molecule has 0 amide bonds. The molecule has 6 nitrogen and oxygen atoms in total. The Balaban J connectivity index is 2.57. The van der Waals surface area contributed by atoms with Gasteiger partial charge in [0.2, 0.25) is 0 Å². The van der Waals surface area contributed by atoms with E-state index < -0.39 is 35.3 Å². The number of ketones is 2. The maximum absolute atomic E-state index is 12.4. The predicted octanol–water partition coefficient (Wildman–Crippen LogP) is 1.03. The number of methoxy groups -OCH3 is 2. The van der Waals surface area contributed by atoms with Crippen molar-refractivity contribution < 1.29 is 28.7 Å². The highest BCUT2D eigenvalue weighted by Crippen LogP contribution is 2.29. The Morgan fingerprint density at radius 2 is 1.29 bits per heavy atom. The highest BCUT2D eigenvalue weighted by Gasteiger charge is 2.42. The maximum Gasteiger partial charge on any atom is 0.316 e. The van der Waals surface area contributed by atoms with Gasteiger partial charge < -0.3 is 9.47 Å². The first kappa shape index (κ1) is 14.9. The standard InChI is InChI=1S/C15H14O6/c1-20-14(18)10-7-11(15(19)21-2)13(17)9-6-4-3-5-8(9)12(10)16/h3-6,10-11H,7H2,1-2H3. The van der Waals surface area contributed by atoms with E-state index in [1.165, 1.54) is 12.1 Å². The van der Waals surface area contributed by atoms with Crippen LogP contribution >= 0.6 is 0 Å². The van der Waals surface area contributed by atoms with E-state index in [9.17, 15) is 19.2 Å². The van der Waals surface area contributed by atoms with Crippen molar-refractivity contribution in [3.8, 4) is 0 Å². The van der Waals surface area contributed by atoms with Crippen LogP contribution in [0.2, 0.25) is 0 Å². The molecule has 2 unspecified atom stereocenters. The molecule has 0 aliphatic heterocycles. The summed E-state index contributed by atoms with van der Waals surface area (Å²) in [6, 6.07) is 6.12. The summed E-state index contributed by atoms with van der Waals surface area (Å²) in [4.78, 5) is 48.5. The highest BCUT2D eigenvalue weighted by molar-refractivity contribution is 6.20. The van der Waals surface area contributed by atoms with E-state index in [0.29, 0.717) is 0 Å². The number of carbonyl (C=O) groups is 4. The minimum Gasteiger partial charge on any atom is -0.468 e. The van der Waals surface area contributed by atoms with Crippen LogP contribution < -0.4 is 0 Å². The topological polar surface area (TPSA) is 86.7 Å². The second-order valence-electron chi connectivity index (χ2n) is 4.66. The van der Waals surface area contributed by atoms with Crippen LogP contribution in [0.15, 0.2) is 24.3 Å². The van der Waals surface area contributed by atoms with E-state index in [1.54, 1.807) is 12.1 Å². The number of Topliss-reactive ketones (excluding diaryl/α,β-unsaturated/α-hetero) is 2. The third-order valence-electron chi connectivity index (χ3n) is 3.53. The molecule has 1 aliphatic rings. The average molecular weight is 290 g/mol. The third-order valence-corrected chi connectivity index (χ3v) is 3.53. The van der Waals surface area contributed by atoms with Crippen molar-refractivity contribution in [2.45, 2.75) is 6.42 Å². The fourth-order valence-electron chi connectivity index (χ4n) is 2.43. The van der Waals surface area contributed by atoms with Gasteiger partial charge in [0.15, 0.2) is 11.6 Å². The lowest BCUT2D eigenvalue weighted by atomic mass is 9.91. The van der Waals surface area contributed by atoms with E-state index >= 15 is 0 Å². The molecule has 1 aromatic carbocycles. The average Bonchev–Trinajstić information content (AvgIpc) is 2.63. The highest BCUT2D eigenvalue weighted by atomic mass is 16.5. The summed E-state index contributed by atoms with van der Waals surface area (Å²) in [5.41, 5.74) is 0.258. The minimum absolute atomic E-state index is 0.129. The van der Waals surface area contributed by atoms with Gasteiger partial charge in [0.1, 0.15) is 11.8 Å². The summed E-state index contributed by atoms with van der Waals surface area (Å²) in [7, 11) is 2.31. The first-order valence-electron chi connectivity index (χ1n) is 6.34. The SMILES string of the molecule is COC(=O)C1CC(C(=O)OC)C(=O)c2ccccc2C1=O. The largest absolute Gasteiger partial charge is 0.468 e. The van der Waals surface area contributed by atoms with Crippen LogP contribution in [-0.4, -0.2) is 37.7 Å². The molecular weight excluding hydrogens is 276 g/mol. The van der Waals surface area contributed by atoms with Crippen LogP contribution in [0.3, 0.4) is 0 Å². The monoisotopic (exact) mass is 290 g/mol. The number of hydrogen-bond donors (Lipinski definition) is 0. The van der Waals surface area contributed by atoms with Crippen molar-refractivity contribution in [3.63, 3.8) is 0 Å². The summed E-state index contributed by atoms with van der Waals surface area (Å²) >= 11 is 0. The fourth-order valence-corrected chi connectivity index (χ4v) is 2.43. The zero-order chi connectivity index (χ0) is 15.6. The van der Waals surface area contributed by atoms with Gasteiger partial charge in [-0.05, 0) is 6.42 Å². The number of esters is 2. The van der Waals surface area contributed by atoms with Crippen molar-refractivity contribution in [1.82, 2.24) is 0 Å². The smallest absolute Gasteiger partial charge is 0.316 e. The molecule has 0 N–H and O–H groups in total. The van der Waals surface area contributed by atoms with E-state index in [4.69, 9.17) is 0 Å². The lowest BCUT2D eigenvalue weighted by Gasteiger charge is -2.14. The molecule has 110 valence electrons. The second kappa shape index (κ2) is 5.87. The van der Waals surface area contributed by atoms with Crippen molar-refractivity contribution in [3.05, 3.63) is 35.4 Å².